The molecule has 1 unspecified atom stereocenters. The van der Waals surface area contributed by atoms with Crippen LogP contribution in [0.25, 0.3) is 5.95 Å². The van der Waals surface area contributed by atoms with E-state index in [2.05, 4.69) is 35.4 Å². The molecule has 0 aromatic carbocycles. The first-order valence-corrected chi connectivity index (χ1v) is 6.65. The summed E-state index contributed by atoms with van der Waals surface area (Å²) in [6.45, 7) is 1.60. The van der Waals surface area contributed by atoms with Gasteiger partial charge in [-0.15, -0.1) is 0 Å². The molecule has 3 rings (SSSR count). The molecule has 2 aromatic rings. The molecule has 21 heavy (non-hydrogen) atoms. The standard InChI is InChI=1S/C11H17N9O/c1-21-8-3-2-4-19(5-8)10-15-9(18-12)16-11(17-10)20-7-13-6-14-20/h6-8H,2-5,12H2,1H3,(H,15,16,17,18). The Hall–Kier alpha value is -2.33. The molecular formula is C11H17N9O. The average molecular weight is 291 g/mol. The van der Waals surface area contributed by atoms with Crippen LogP contribution in [-0.2, 0) is 4.74 Å². The van der Waals surface area contributed by atoms with E-state index in [0.717, 1.165) is 25.9 Å². The number of hydrogen-bond donors (Lipinski definition) is 2. The molecule has 0 aliphatic carbocycles. The molecule has 112 valence electrons. The van der Waals surface area contributed by atoms with E-state index in [1.807, 2.05) is 0 Å². The molecule has 2 aromatic heterocycles. The molecule has 3 heterocycles. The molecule has 1 fully saturated rings. The van der Waals surface area contributed by atoms with E-state index in [0.29, 0.717) is 11.9 Å². The van der Waals surface area contributed by atoms with E-state index in [1.165, 1.54) is 17.3 Å². The lowest BCUT2D eigenvalue weighted by Crippen LogP contribution is -2.40. The van der Waals surface area contributed by atoms with Crippen LogP contribution in [0.1, 0.15) is 12.8 Å². The van der Waals surface area contributed by atoms with E-state index in [9.17, 15) is 0 Å². The smallest absolute Gasteiger partial charge is 0.258 e. The summed E-state index contributed by atoms with van der Waals surface area (Å²) in [5.74, 6) is 6.63. The second kappa shape index (κ2) is 5.97. The van der Waals surface area contributed by atoms with Gasteiger partial charge in [-0.05, 0) is 12.8 Å². The Balaban J connectivity index is 1.92. The van der Waals surface area contributed by atoms with Crippen molar-refractivity contribution in [3.8, 4) is 5.95 Å². The Kier molecular flexibility index (Phi) is 3.88. The highest BCUT2D eigenvalue weighted by atomic mass is 16.5. The maximum atomic E-state index is 5.43. The molecule has 0 bridgehead atoms. The van der Waals surface area contributed by atoms with Crippen LogP contribution in [0, 0.1) is 0 Å². The molecule has 1 aliphatic rings. The van der Waals surface area contributed by atoms with Gasteiger partial charge < -0.3 is 9.64 Å². The lowest BCUT2D eigenvalue weighted by molar-refractivity contribution is 0.0889. The van der Waals surface area contributed by atoms with Crippen molar-refractivity contribution in [3.05, 3.63) is 12.7 Å². The van der Waals surface area contributed by atoms with Crippen LogP contribution < -0.4 is 16.2 Å². The summed E-state index contributed by atoms with van der Waals surface area (Å²) in [5, 5.41) is 4.02. The highest BCUT2D eigenvalue weighted by molar-refractivity contribution is 5.39. The number of aromatic nitrogens is 6. The fraction of sp³-hybridized carbons (Fsp3) is 0.545. The highest BCUT2D eigenvalue weighted by Gasteiger charge is 2.22. The summed E-state index contributed by atoms with van der Waals surface area (Å²) in [5.41, 5.74) is 2.45. The third kappa shape index (κ3) is 2.90. The van der Waals surface area contributed by atoms with Crippen molar-refractivity contribution >= 4 is 11.9 Å². The van der Waals surface area contributed by atoms with Crippen LogP contribution in [-0.4, -0.2) is 56.0 Å². The van der Waals surface area contributed by atoms with Crippen LogP contribution in [0.15, 0.2) is 12.7 Å². The number of nitrogens with two attached hydrogens (primary N) is 1. The number of ether oxygens (including phenoxy) is 1. The van der Waals surface area contributed by atoms with Crippen LogP contribution in [0.5, 0.6) is 0 Å². The van der Waals surface area contributed by atoms with Crippen LogP contribution in [0.2, 0.25) is 0 Å². The van der Waals surface area contributed by atoms with E-state index in [-0.39, 0.29) is 12.1 Å². The first kappa shape index (κ1) is 13.6. The van der Waals surface area contributed by atoms with Gasteiger partial charge in [0.1, 0.15) is 12.7 Å². The molecule has 0 saturated carbocycles. The maximum Gasteiger partial charge on any atom is 0.258 e. The number of hydrogen-bond acceptors (Lipinski definition) is 9. The van der Waals surface area contributed by atoms with Gasteiger partial charge in [-0.25, -0.2) is 10.8 Å². The first-order valence-electron chi connectivity index (χ1n) is 6.65. The molecule has 0 radical (unpaired) electrons. The van der Waals surface area contributed by atoms with Crippen molar-refractivity contribution in [2.75, 3.05) is 30.5 Å². The lowest BCUT2D eigenvalue weighted by Gasteiger charge is -2.31. The molecule has 10 heteroatoms. The second-order valence-electron chi connectivity index (χ2n) is 4.69. The number of rotatable bonds is 4. The Labute approximate surface area is 121 Å². The van der Waals surface area contributed by atoms with Crippen molar-refractivity contribution in [1.29, 1.82) is 0 Å². The molecule has 0 spiro atoms. The normalized spacial score (nSPS) is 18.8. The van der Waals surface area contributed by atoms with Gasteiger partial charge >= 0.3 is 0 Å². The number of nitrogens with one attached hydrogen (secondary N) is 1. The van der Waals surface area contributed by atoms with Crippen molar-refractivity contribution in [2.45, 2.75) is 18.9 Å². The van der Waals surface area contributed by atoms with Crippen molar-refractivity contribution in [1.82, 2.24) is 29.7 Å². The maximum absolute atomic E-state index is 5.43. The number of nitrogens with zero attached hydrogens (tertiary/aromatic N) is 7. The Morgan fingerprint density at radius 2 is 2.19 bits per heavy atom. The summed E-state index contributed by atoms with van der Waals surface area (Å²) in [6, 6.07) is 0. The topological polar surface area (TPSA) is 120 Å². The number of hydrazine groups is 1. The number of nitrogen functional groups attached to an aromatic ring is 1. The fourth-order valence-electron chi connectivity index (χ4n) is 2.29. The molecule has 3 N–H and O–H groups in total. The zero-order valence-corrected chi connectivity index (χ0v) is 11.7. The molecule has 1 atom stereocenters. The number of methoxy groups -OCH3 is 1. The summed E-state index contributed by atoms with van der Waals surface area (Å²) in [6.07, 6.45) is 5.18. The van der Waals surface area contributed by atoms with Gasteiger partial charge in [-0.3, -0.25) is 5.43 Å². The predicted molar refractivity (Wildman–Crippen MR) is 74.8 cm³/mol. The fourth-order valence-corrected chi connectivity index (χ4v) is 2.29. The van der Waals surface area contributed by atoms with Gasteiger partial charge in [-0.2, -0.15) is 24.7 Å². The Bertz CT molecular complexity index is 587. The quantitative estimate of drug-likeness (QED) is 0.559. The Morgan fingerprint density at radius 1 is 1.33 bits per heavy atom. The van der Waals surface area contributed by atoms with Gasteiger partial charge in [-0.1, -0.05) is 0 Å². The minimum absolute atomic E-state index is 0.180. The largest absolute Gasteiger partial charge is 0.380 e. The van der Waals surface area contributed by atoms with Gasteiger partial charge in [0.25, 0.3) is 5.95 Å². The summed E-state index contributed by atoms with van der Waals surface area (Å²) in [7, 11) is 1.72. The third-order valence-corrected chi connectivity index (χ3v) is 3.36. The van der Waals surface area contributed by atoms with E-state index >= 15 is 0 Å². The average Bonchev–Trinajstić information content (AvgIpc) is 3.09. The number of piperidine rings is 1. The van der Waals surface area contributed by atoms with Gasteiger partial charge in [0.2, 0.25) is 11.9 Å². The van der Waals surface area contributed by atoms with E-state index in [4.69, 9.17) is 10.6 Å². The van der Waals surface area contributed by atoms with Crippen molar-refractivity contribution < 1.29 is 4.74 Å². The summed E-state index contributed by atoms with van der Waals surface area (Å²) >= 11 is 0. The summed E-state index contributed by atoms with van der Waals surface area (Å²) < 4.78 is 6.88. The van der Waals surface area contributed by atoms with Gasteiger partial charge in [0.15, 0.2) is 0 Å². The summed E-state index contributed by atoms with van der Waals surface area (Å²) in [4.78, 5) is 18.9. The molecule has 10 nitrogen and oxygen atoms in total. The van der Waals surface area contributed by atoms with E-state index in [1.54, 1.807) is 7.11 Å². The zero-order valence-electron chi connectivity index (χ0n) is 11.7. The zero-order chi connectivity index (χ0) is 14.7. The van der Waals surface area contributed by atoms with Crippen molar-refractivity contribution in [2.24, 2.45) is 5.84 Å². The molecule has 1 saturated heterocycles. The van der Waals surface area contributed by atoms with Crippen LogP contribution >= 0.6 is 0 Å². The van der Waals surface area contributed by atoms with E-state index < -0.39 is 0 Å². The molecule has 1 aliphatic heterocycles. The minimum atomic E-state index is 0.180. The van der Waals surface area contributed by atoms with Crippen LogP contribution in [0.3, 0.4) is 0 Å². The Morgan fingerprint density at radius 3 is 2.90 bits per heavy atom. The second-order valence-corrected chi connectivity index (χ2v) is 4.69. The van der Waals surface area contributed by atoms with Crippen molar-refractivity contribution in [3.63, 3.8) is 0 Å². The lowest BCUT2D eigenvalue weighted by atomic mass is 10.1. The first-order chi connectivity index (χ1) is 10.3. The molecular weight excluding hydrogens is 274 g/mol. The van der Waals surface area contributed by atoms with Gasteiger partial charge in [0.05, 0.1) is 6.10 Å². The molecule has 0 amide bonds. The number of anilines is 2. The van der Waals surface area contributed by atoms with Crippen LogP contribution in [0.4, 0.5) is 11.9 Å². The third-order valence-electron chi connectivity index (χ3n) is 3.36. The SMILES string of the molecule is COC1CCCN(c2nc(NN)nc(-n3cncn3)n2)C1. The predicted octanol–water partition coefficient (Wildman–Crippen LogP) is -0.647. The highest BCUT2D eigenvalue weighted by Crippen LogP contribution is 2.19. The monoisotopic (exact) mass is 291 g/mol. The van der Waals surface area contributed by atoms with Gasteiger partial charge in [0, 0.05) is 20.2 Å². The minimum Gasteiger partial charge on any atom is -0.380 e.